The van der Waals surface area contributed by atoms with Crippen LogP contribution in [0.4, 0.5) is 11.4 Å². The molecule has 0 radical (unpaired) electrons. The molecule has 2 fully saturated rings. The van der Waals surface area contributed by atoms with E-state index in [1.54, 1.807) is 40.3 Å². The van der Waals surface area contributed by atoms with Crippen molar-refractivity contribution in [2.45, 2.75) is 117 Å². The van der Waals surface area contributed by atoms with Crippen LogP contribution >= 0.6 is 0 Å². The Bertz CT molecular complexity index is 2260. The number of nitrogens with one attached hydrogen (secondary N) is 2. The van der Waals surface area contributed by atoms with E-state index in [1.807, 2.05) is 128 Å². The number of anilines is 2. The first-order valence-corrected chi connectivity index (χ1v) is 21.7. The minimum Gasteiger partial charge on any atom is -0.436 e. The highest BCUT2D eigenvalue weighted by Gasteiger charge is 2.42. The van der Waals surface area contributed by atoms with Gasteiger partial charge in [-0.05, 0) is 115 Å². The molecule has 5 aromatic rings. The van der Waals surface area contributed by atoms with Crippen LogP contribution in [0.5, 0.6) is 0 Å². The number of carbonyl (C=O) groups excluding carboxylic acids is 4. The third-order valence-electron chi connectivity index (χ3n) is 11.0. The van der Waals surface area contributed by atoms with Gasteiger partial charge in [0.05, 0.1) is 42.4 Å². The molecule has 0 spiro atoms. The van der Waals surface area contributed by atoms with Crippen molar-refractivity contribution in [3.05, 3.63) is 126 Å². The second-order valence-electron chi connectivity index (χ2n) is 18.8. The molecule has 12 heteroatoms. The molecular formula is C51H59N5O7. The molecule has 2 N–H and O–H groups in total. The highest BCUT2D eigenvalue weighted by molar-refractivity contribution is 5.99. The molecule has 0 saturated carbocycles. The third-order valence-corrected chi connectivity index (χ3v) is 11.0. The van der Waals surface area contributed by atoms with E-state index in [1.165, 1.54) is 0 Å². The SMILES string of the molecule is Cc1cccc(CC(=O)N2CC(OC(C)(C)C)CC2C(=O)Nc2ccc(-c3cnc(-c4ccc(NC(=O)C5CC(OC(C)(C)C)CN5C(=O)Cc5cccc(C)c5)cc4)o3)cc2)c1. The van der Waals surface area contributed by atoms with Gasteiger partial charge >= 0.3 is 0 Å². The Balaban J connectivity index is 0.972. The Morgan fingerprint density at radius 2 is 1.06 bits per heavy atom. The maximum absolute atomic E-state index is 13.7. The van der Waals surface area contributed by atoms with Gasteiger partial charge in [0.25, 0.3) is 0 Å². The maximum Gasteiger partial charge on any atom is 0.247 e. The molecule has 63 heavy (non-hydrogen) atoms. The van der Waals surface area contributed by atoms with E-state index in [0.717, 1.165) is 27.8 Å². The van der Waals surface area contributed by atoms with Crippen molar-refractivity contribution in [2.75, 3.05) is 23.7 Å². The van der Waals surface area contributed by atoms with Crippen molar-refractivity contribution in [2.24, 2.45) is 0 Å². The average Bonchev–Trinajstić information content (AvgIpc) is 3.97. The normalized spacial score (nSPS) is 19.0. The second-order valence-corrected chi connectivity index (χ2v) is 18.8. The van der Waals surface area contributed by atoms with Gasteiger partial charge in [-0.2, -0.15) is 0 Å². The number of likely N-dealkylation sites (tertiary alicyclic amines) is 2. The van der Waals surface area contributed by atoms with Gasteiger partial charge < -0.3 is 34.3 Å². The lowest BCUT2D eigenvalue weighted by Crippen LogP contribution is -2.44. The van der Waals surface area contributed by atoms with Gasteiger partial charge in [0.2, 0.25) is 29.5 Å². The highest BCUT2D eigenvalue weighted by atomic mass is 16.5. The largest absolute Gasteiger partial charge is 0.436 e. The fourth-order valence-electron chi connectivity index (χ4n) is 8.42. The van der Waals surface area contributed by atoms with Crippen LogP contribution in [0.3, 0.4) is 0 Å². The number of rotatable bonds is 12. The van der Waals surface area contributed by atoms with Gasteiger partial charge in [0.1, 0.15) is 12.1 Å². The Kier molecular flexibility index (Phi) is 13.3. The lowest BCUT2D eigenvalue weighted by Gasteiger charge is -2.25. The van der Waals surface area contributed by atoms with Crippen LogP contribution in [0, 0.1) is 13.8 Å². The summed E-state index contributed by atoms with van der Waals surface area (Å²) < 4.78 is 18.6. The first kappa shape index (κ1) is 44.9. The van der Waals surface area contributed by atoms with Gasteiger partial charge in [-0.3, -0.25) is 19.2 Å². The lowest BCUT2D eigenvalue weighted by molar-refractivity contribution is -0.136. The minimum atomic E-state index is -0.681. The molecule has 0 aliphatic carbocycles. The number of benzene rings is 4. The number of carbonyl (C=O) groups is 4. The van der Waals surface area contributed by atoms with Crippen LogP contribution in [0.15, 0.2) is 108 Å². The van der Waals surface area contributed by atoms with E-state index in [4.69, 9.17) is 13.9 Å². The fraction of sp³-hybridized carbons (Fsp3) is 0.392. The first-order valence-electron chi connectivity index (χ1n) is 21.7. The zero-order valence-electron chi connectivity index (χ0n) is 37.6. The van der Waals surface area contributed by atoms with Gasteiger partial charge in [-0.25, -0.2) is 4.98 Å². The maximum atomic E-state index is 13.7. The molecule has 4 unspecified atom stereocenters. The number of aryl methyl sites for hydroxylation is 2. The lowest BCUT2D eigenvalue weighted by atomic mass is 10.1. The Hall–Kier alpha value is -6.11. The second kappa shape index (κ2) is 18.7. The fourth-order valence-corrected chi connectivity index (χ4v) is 8.42. The molecule has 3 heterocycles. The standard InChI is InChI=1S/C51H59N5O7/c1-32-11-9-13-34(23-32)25-45(57)55-30-40(62-50(3,4)5)27-42(55)47(59)53-38-19-15-36(16-20-38)44-29-52-49(61-44)37-17-21-39(22-18-37)54-48(60)43-28-41(63-51(6,7)8)31-56(43)46(58)26-35-14-10-12-33(2)24-35/h9-24,29,40-43H,25-28,30-31H2,1-8H3,(H,53,59)(H,54,60). The number of hydrogen-bond acceptors (Lipinski definition) is 8. The Labute approximate surface area is 370 Å². The monoisotopic (exact) mass is 853 g/mol. The quantitative estimate of drug-likeness (QED) is 0.127. The van der Waals surface area contributed by atoms with E-state index in [-0.39, 0.29) is 48.7 Å². The molecule has 7 rings (SSSR count). The summed E-state index contributed by atoms with van der Waals surface area (Å²) in [6, 6.07) is 28.8. The van der Waals surface area contributed by atoms with Crippen molar-refractivity contribution in [3.63, 3.8) is 0 Å². The number of amides is 4. The zero-order chi connectivity index (χ0) is 45.1. The van der Waals surface area contributed by atoms with Crippen molar-refractivity contribution in [1.29, 1.82) is 0 Å². The van der Waals surface area contributed by atoms with Gasteiger partial charge in [0.15, 0.2) is 5.76 Å². The van der Waals surface area contributed by atoms with Crippen molar-refractivity contribution < 1.29 is 33.1 Å². The van der Waals surface area contributed by atoms with Gasteiger partial charge in [0, 0.05) is 48.4 Å². The molecule has 1 aromatic heterocycles. The third kappa shape index (κ3) is 11.9. The van der Waals surface area contributed by atoms with Gasteiger partial charge in [-0.1, -0.05) is 59.7 Å². The number of ether oxygens (including phenoxy) is 2. The molecule has 4 amide bonds. The first-order chi connectivity index (χ1) is 29.9. The van der Waals surface area contributed by atoms with Crippen LogP contribution in [0.2, 0.25) is 0 Å². The summed E-state index contributed by atoms with van der Waals surface area (Å²) in [7, 11) is 0. The van der Waals surface area contributed by atoms with E-state index in [9.17, 15) is 19.2 Å². The highest BCUT2D eigenvalue weighted by Crippen LogP contribution is 2.31. The van der Waals surface area contributed by atoms with Crippen molar-refractivity contribution in [1.82, 2.24) is 14.8 Å². The molecule has 4 atom stereocenters. The van der Waals surface area contributed by atoms with Crippen LogP contribution in [0.25, 0.3) is 22.8 Å². The summed E-state index contributed by atoms with van der Waals surface area (Å²) in [5.74, 6) is 0.158. The number of aromatic nitrogens is 1. The molecule has 0 bridgehead atoms. The van der Waals surface area contributed by atoms with Crippen molar-refractivity contribution >= 4 is 35.0 Å². The topological polar surface area (TPSA) is 143 Å². The minimum absolute atomic E-state index is 0.116. The van der Waals surface area contributed by atoms with E-state index >= 15 is 0 Å². The molecule has 330 valence electrons. The number of hydrogen-bond donors (Lipinski definition) is 2. The molecule has 2 aliphatic heterocycles. The van der Waals surface area contributed by atoms with E-state index in [0.29, 0.717) is 54.5 Å². The predicted molar refractivity (Wildman–Crippen MR) is 244 cm³/mol. The molecule has 12 nitrogen and oxygen atoms in total. The Morgan fingerprint density at radius 1 is 0.635 bits per heavy atom. The smallest absolute Gasteiger partial charge is 0.247 e. The average molecular weight is 854 g/mol. The summed E-state index contributed by atoms with van der Waals surface area (Å²) in [4.78, 5) is 62.5. The summed E-state index contributed by atoms with van der Waals surface area (Å²) in [5, 5.41) is 6.02. The van der Waals surface area contributed by atoms with Crippen LogP contribution in [-0.4, -0.2) is 87.0 Å². The van der Waals surface area contributed by atoms with Crippen LogP contribution in [-0.2, 0) is 41.5 Å². The molecular weight excluding hydrogens is 795 g/mol. The van der Waals surface area contributed by atoms with E-state index in [2.05, 4.69) is 15.6 Å². The molecule has 4 aromatic carbocycles. The van der Waals surface area contributed by atoms with Crippen molar-refractivity contribution in [3.8, 4) is 22.8 Å². The summed E-state index contributed by atoms with van der Waals surface area (Å²) >= 11 is 0. The number of nitrogens with zero attached hydrogens (tertiary/aromatic N) is 3. The summed E-state index contributed by atoms with van der Waals surface area (Å²) in [5.41, 5.74) is 5.75. The molecule has 2 aliphatic rings. The molecule has 2 saturated heterocycles. The number of oxazole rings is 1. The van der Waals surface area contributed by atoms with Gasteiger partial charge in [-0.15, -0.1) is 0 Å². The van der Waals surface area contributed by atoms with E-state index < -0.39 is 23.3 Å². The summed E-state index contributed by atoms with van der Waals surface area (Å²) in [6.07, 6.45) is 2.31. The Morgan fingerprint density at radius 3 is 1.48 bits per heavy atom. The van der Waals surface area contributed by atoms with Crippen LogP contribution in [0.1, 0.15) is 76.6 Å². The summed E-state index contributed by atoms with van der Waals surface area (Å²) in [6.45, 7) is 16.5. The zero-order valence-corrected chi connectivity index (χ0v) is 37.6. The van der Waals surface area contributed by atoms with Crippen LogP contribution < -0.4 is 10.6 Å². The predicted octanol–water partition coefficient (Wildman–Crippen LogP) is 8.56.